The summed E-state index contributed by atoms with van der Waals surface area (Å²) in [6.07, 6.45) is -43.1. The summed E-state index contributed by atoms with van der Waals surface area (Å²) < 4.78 is 362. The Labute approximate surface area is 796 Å². The van der Waals surface area contributed by atoms with Crippen LogP contribution < -0.4 is 86.1 Å². The van der Waals surface area contributed by atoms with Crippen molar-refractivity contribution >= 4 is 105 Å². The smallest absolute Gasteiger partial charge is 0.195 e. The Bertz CT molecular complexity index is 5880. The van der Waals surface area contributed by atoms with Gasteiger partial charge in [0.25, 0.3) is 0 Å². The van der Waals surface area contributed by atoms with E-state index in [9.17, 15) is 105 Å². The highest BCUT2D eigenvalue weighted by atomic mass is 127. The Morgan fingerprint density at radius 3 is 0.559 bits per heavy atom. The molecule has 0 fully saturated rings. The van der Waals surface area contributed by atoms with Crippen LogP contribution in [0, 0.1) is 76.6 Å². The van der Waals surface area contributed by atoms with Crippen molar-refractivity contribution in [1.29, 1.82) is 0 Å². The van der Waals surface area contributed by atoms with Gasteiger partial charge >= 0.3 is 91.8 Å². The molecule has 28 heteroatoms. The van der Waals surface area contributed by atoms with Gasteiger partial charge in [0.1, 0.15) is 12.3 Å². The van der Waals surface area contributed by atoms with E-state index in [0.717, 1.165) is 48.6 Å². The number of halogens is 26. The molecular weight excluding hydrogens is 2030 g/mol. The van der Waals surface area contributed by atoms with E-state index >= 15 is 0 Å². The number of hydrogen-bond acceptors (Lipinski definition) is 0. The predicted molar refractivity (Wildman–Crippen MR) is 498 cm³/mol. The Hall–Kier alpha value is -11.5. The van der Waals surface area contributed by atoms with Gasteiger partial charge in [-0.05, 0) is 211 Å². The summed E-state index contributed by atoms with van der Waals surface area (Å²) >= 11 is 0.0120. The number of aryl methyl sites for hydroxylation is 9. The van der Waals surface area contributed by atoms with Gasteiger partial charge in [-0.1, -0.05) is 278 Å². The molecule has 0 saturated heterocycles. The highest BCUT2D eigenvalue weighted by Crippen LogP contribution is 2.45. The lowest BCUT2D eigenvalue weighted by atomic mass is 9.12. The SMILES string of the molecule is C=Cc1c(C)cc([B-](c2cc(C)c(C=C)c(C(F)(F)F)c2)(c2cc(C)c(C=C)c(C(F)(F)F)c2)c2cc(C(F)(F)F)c(C=C)c(C(F)(F)F)c2)cc1C.C=Cc1c(C)cc([B-](c2cc(C)c(C=C)c(C(F)(F)F)c2)(c2cc(C)c(C=C)c(C(F)(F)F)c2)c2cc(C(F)(F)F)c(C=C)c(C(F)(F)F)c2)cc1C.Cc1ccc([I+]c2ccc(C(C)C)cc2)cc1.c1ccc([I+]c2ccccc2)cc1. The average molecular weight is 2120 g/mol. The van der Waals surface area contributed by atoms with Crippen LogP contribution in [0.2, 0.25) is 0 Å². The van der Waals surface area contributed by atoms with Gasteiger partial charge in [0.05, 0.1) is 44.5 Å². The Morgan fingerprint density at radius 1 is 0.213 bits per heavy atom. The van der Waals surface area contributed by atoms with E-state index in [1.807, 2.05) is 0 Å². The van der Waals surface area contributed by atoms with E-state index in [1.165, 1.54) is 117 Å². The molecule has 0 aromatic heterocycles. The molecule has 0 atom stereocenters. The maximum absolute atomic E-state index is 14.8. The molecule has 0 heterocycles. The molecule has 12 aromatic rings. The van der Waals surface area contributed by atoms with Crippen molar-refractivity contribution in [3.63, 3.8) is 0 Å². The predicted octanol–water partition coefficient (Wildman–Crippen LogP) is 23.0. The molecule has 12 aromatic carbocycles. The molecule has 0 aliphatic rings. The first kappa shape index (κ1) is 108. The van der Waals surface area contributed by atoms with Gasteiger partial charge in [0.2, 0.25) is 0 Å². The molecule has 0 amide bonds. The summed E-state index contributed by atoms with van der Waals surface area (Å²) in [5, 5.41) is 0. The zero-order valence-corrected chi connectivity index (χ0v) is 79.8. The summed E-state index contributed by atoms with van der Waals surface area (Å²) in [6.45, 7) is 45.2. The van der Waals surface area contributed by atoms with Crippen LogP contribution in [0.3, 0.4) is 0 Å². The molecule has 136 heavy (non-hydrogen) atoms. The third kappa shape index (κ3) is 23.6. The lowest BCUT2D eigenvalue weighted by Crippen LogP contribution is -3.61. The highest BCUT2D eigenvalue weighted by Gasteiger charge is 2.49. The van der Waals surface area contributed by atoms with Gasteiger partial charge in [-0.3, -0.25) is 0 Å². The van der Waals surface area contributed by atoms with Crippen molar-refractivity contribution < 1.29 is 148 Å². The molecule has 0 N–H and O–H groups in total. The number of alkyl halides is 24. The fourth-order valence-corrected chi connectivity index (χ4v) is 22.2. The molecule has 0 nitrogen and oxygen atoms in total. The summed E-state index contributed by atoms with van der Waals surface area (Å²) in [4.78, 5) is 0. The molecule has 0 aliphatic heterocycles. The van der Waals surface area contributed by atoms with E-state index in [4.69, 9.17) is 0 Å². The van der Waals surface area contributed by atoms with Crippen molar-refractivity contribution in [3.8, 4) is 0 Å². The second-order valence-corrected chi connectivity index (χ2v) is 39.1. The van der Waals surface area contributed by atoms with Crippen molar-refractivity contribution in [2.24, 2.45) is 0 Å². The first-order valence-electron chi connectivity index (χ1n) is 41.8. The van der Waals surface area contributed by atoms with Crippen molar-refractivity contribution in [3.05, 3.63) is 418 Å². The number of benzene rings is 12. The minimum absolute atomic E-state index is 0.0167. The standard InChI is InChI=1S/2C40H32BF12.C16H18I.C12H10I/c2*1-9-29-21(5)13-25(14-22(29)6)41(26-15-23(7)30(10-2)33(17-26)37(42,43)44,27-16-24(8)31(11-3)34(18-27)38(45,46)47)28-19-35(39(48,49)50)32(12-4)36(20-28)40(51,52)53;1-12(2)14-6-10-16(11-7-14)17-15-8-4-13(3)5-9-15;1-3-7-11(8-4-1)13-12-9-5-2-6-10-12/h2*9-20H,1-4H2,5-8H3;4-12H,1-3H3;1-10H/q2*-1;2*+1. The lowest BCUT2D eigenvalue weighted by molar-refractivity contribution is -0.597. The van der Waals surface area contributed by atoms with Gasteiger partial charge in [-0.15, -0.1) is 0 Å². The highest BCUT2D eigenvalue weighted by molar-refractivity contribution is 7.20. The Kier molecular flexibility index (Phi) is 33.6. The zero-order chi connectivity index (χ0) is 102. The van der Waals surface area contributed by atoms with Crippen LogP contribution in [-0.4, -0.2) is 12.3 Å². The quantitative estimate of drug-likeness (QED) is 0.0382. The Morgan fingerprint density at radius 2 is 0.375 bits per heavy atom. The average Bonchev–Trinajstić information content (AvgIpc) is 0.707. The second-order valence-electron chi connectivity index (χ2n) is 33.0. The van der Waals surface area contributed by atoms with Crippen molar-refractivity contribution in [2.75, 3.05) is 0 Å². The van der Waals surface area contributed by atoms with Gasteiger partial charge in [-0.25, -0.2) is 0 Å². The van der Waals surface area contributed by atoms with Crippen LogP contribution in [0.1, 0.15) is 164 Å². The third-order valence-corrected chi connectivity index (χ3v) is 29.2. The topological polar surface area (TPSA) is 0 Å². The van der Waals surface area contributed by atoms with E-state index < -0.39 is 172 Å². The molecule has 0 radical (unpaired) electrons. The van der Waals surface area contributed by atoms with Crippen LogP contribution in [0.15, 0.2) is 259 Å². The van der Waals surface area contributed by atoms with E-state index in [1.54, 1.807) is 0 Å². The summed E-state index contributed by atoms with van der Waals surface area (Å²) in [7, 11) is 0. The molecule has 0 spiro atoms. The molecule has 12 rings (SSSR count). The fourth-order valence-electron chi connectivity index (χ4n) is 17.7. The van der Waals surface area contributed by atoms with Crippen molar-refractivity contribution in [2.45, 2.75) is 131 Å². The van der Waals surface area contributed by atoms with E-state index in [2.05, 4.69) is 183 Å². The minimum atomic E-state index is -5.49. The Balaban J connectivity index is 0.000000232. The zero-order valence-electron chi connectivity index (χ0n) is 75.5. The maximum atomic E-state index is 14.8. The summed E-state index contributed by atoms with van der Waals surface area (Å²) in [5.41, 5.74) is -16.7. The van der Waals surface area contributed by atoms with Gasteiger partial charge < -0.3 is 0 Å². The van der Waals surface area contributed by atoms with Gasteiger partial charge in [-0.2, -0.15) is 149 Å². The van der Waals surface area contributed by atoms with Crippen LogP contribution in [-0.2, 0) is 49.4 Å². The van der Waals surface area contributed by atoms with E-state index in [-0.39, 0.29) is 75.6 Å². The first-order valence-corrected chi connectivity index (χ1v) is 46.1. The van der Waals surface area contributed by atoms with Crippen molar-refractivity contribution in [1.82, 2.24) is 0 Å². The fraction of sp³-hybridized carbons (Fsp3) is 0.185. The largest absolute Gasteiger partial charge is 0.416 e. The van der Waals surface area contributed by atoms with Gasteiger partial charge in [0, 0.05) is 0 Å². The normalized spacial score (nSPS) is 12.3. The van der Waals surface area contributed by atoms with Gasteiger partial charge in [0.15, 0.2) is 14.3 Å². The third-order valence-electron chi connectivity index (χ3n) is 23.8. The number of rotatable bonds is 21. The van der Waals surface area contributed by atoms with Crippen LogP contribution >= 0.6 is 0 Å². The summed E-state index contributed by atoms with van der Waals surface area (Å²) in [6, 6.07) is 53.0. The first-order chi connectivity index (χ1) is 63.2. The van der Waals surface area contributed by atoms with Crippen LogP contribution in [0.25, 0.3) is 48.6 Å². The van der Waals surface area contributed by atoms with Crippen LogP contribution in [0.4, 0.5) is 105 Å². The molecule has 712 valence electrons. The molecule has 0 bridgehead atoms. The molecule has 0 unspecified atom stereocenters. The van der Waals surface area contributed by atoms with Crippen LogP contribution in [0.5, 0.6) is 0 Å². The second kappa shape index (κ2) is 42.2. The number of hydrogen-bond donors (Lipinski definition) is 0. The lowest BCUT2D eigenvalue weighted by Gasteiger charge is -2.46. The minimum Gasteiger partial charge on any atom is -0.195 e. The van der Waals surface area contributed by atoms with E-state index in [0.29, 0.717) is 100.0 Å². The monoisotopic (exact) mass is 2120 g/mol. The molecule has 0 aliphatic carbocycles. The maximum Gasteiger partial charge on any atom is 0.416 e. The summed E-state index contributed by atoms with van der Waals surface area (Å²) in [5.74, 6) is 0.627. The molecule has 0 saturated carbocycles. The molecular formula is C108H92B2F24I2.